The Morgan fingerprint density at radius 2 is 1.62 bits per heavy atom. The van der Waals surface area contributed by atoms with Crippen LogP contribution in [-0.4, -0.2) is 31.6 Å². The lowest BCUT2D eigenvalue weighted by Crippen LogP contribution is -2.36. The van der Waals surface area contributed by atoms with Crippen LogP contribution in [0.3, 0.4) is 0 Å². The first-order valence-electron chi connectivity index (χ1n) is 11.5. The molecule has 0 unspecified atom stereocenters. The van der Waals surface area contributed by atoms with E-state index in [1.54, 1.807) is 0 Å². The molecule has 1 saturated carbocycles. The summed E-state index contributed by atoms with van der Waals surface area (Å²) in [5.41, 5.74) is 2.52. The molecule has 3 aliphatic rings. The van der Waals surface area contributed by atoms with Gasteiger partial charge in [0.1, 0.15) is 9.84 Å². The van der Waals surface area contributed by atoms with Gasteiger partial charge in [-0.25, -0.2) is 8.42 Å². The molecule has 2 aromatic rings. The fourth-order valence-corrected chi connectivity index (χ4v) is 7.53. The number of nitrogens with zero attached hydrogens (tertiary/aromatic N) is 1. The molecular formula is C26H29NO4S. The van der Waals surface area contributed by atoms with E-state index >= 15 is 0 Å². The Balaban J connectivity index is 1.48. The predicted molar refractivity (Wildman–Crippen MR) is 125 cm³/mol. The lowest BCUT2D eigenvalue weighted by Gasteiger charge is -2.32. The smallest absolute Gasteiger partial charge is 0.242 e. The highest BCUT2D eigenvalue weighted by Gasteiger charge is 2.52. The second-order valence-corrected chi connectivity index (χ2v) is 12.4. The lowest BCUT2D eigenvalue weighted by molar-refractivity contribution is -0.122. The molecule has 0 N–H and O–H groups in total. The van der Waals surface area contributed by atoms with Crippen LogP contribution in [0, 0.1) is 5.41 Å². The van der Waals surface area contributed by atoms with E-state index in [0.29, 0.717) is 24.8 Å². The van der Waals surface area contributed by atoms with Gasteiger partial charge in [0.05, 0.1) is 22.6 Å². The third kappa shape index (κ3) is 3.49. The number of carbonyl (C=O) groups is 2. The zero-order chi connectivity index (χ0) is 22.6. The largest absolute Gasteiger partial charge is 0.294 e. The van der Waals surface area contributed by atoms with Gasteiger partial charge < -0.3 is 0 Å². The number of benzene rings is 2. The van der Waals surface area contributed by atoms with E-state index in [0.717, 1.165) is 42.6 Å². The molecule has 1 saturated heterocycles. The lowest BCUT2D eigenvalue weighted by atomic mass is 9.77. The number of para-hydroxylation sites is 1. The van der Waals surface area contributed by atoms with Gasteiger partial charge in [0.25, 0.3) is 0 Å². The Hall–Kier alpha value is -2.47. The average molecular weight is 452 g/mol. The van der Waals surface area contributed by atoms with Crippen LogP contribution < -0.4 is 4.90 Å². The number of Topliss-reactive ketones (excluding diaryl/α,β-unsaturated/α-hetero) is 1. The number of ketones is 1. The second kappa shape index (κ2) is 7.55. The van der Waals surface area contributed by atoms with Gasteiger partial charge in [0.15, 0.2) is 5.78 Å². The maximum Gasteiger partial charge on any atom is 0.242 e. The third-order valence-corrected chi connectivity index (χ3v) is 9.43. The van der Waals surface area contributed by atoms with E-state index in [-0.39, 0.29) is 28.6 Å². The molecule has 0 radical (unpaired) electrons. The van der Waals surface area contributed by atoms with E-state index in [1.807, 2.05) is 60.4 Å². The summed E-state index contributed by atoms with van der Waals surface area (Å²) in [4.78, 5) is 28.8. The zero-order valence-electron chi connectivity index (χ0n) is 18.5. The van der Waals surface area contributed by atoms with Gasteiger partial charge in [-0.15, -0.1) is 0 Å². The normalized spacial score (nSPS) is 22.8. The Morgan fingerprint density at radius 3 is 2.28 bits per heavy atom. The standard InChI is InChI=1S/C26H29NO4S/c1-25(13-15-32(30,31)16-14-25)18-23(28)19-9-10-22-21(17-19)26(11-5-6-12-26)24(29)27(22)20-7-3-2-4-8-20/h2-4,7-10,17H,5-6,11-16,18H2,1H3. The third-order valence-electron chi connectivity index (χ3n) is 7.78. The Labute approximate surface area is 189 Å². The molecule has 2 fully saturated rings. The van der Waals surface area contributed by atoms with Crippen molar-refractivity contribution in [3.8, 4) is 0 Å². The first-order chi connectivity index (χ1) is 15.2. The van der Waals surface area contributed by atoms with E-state index in [9.17, 15) is 18.0 Å². The monoisotopic (exact) mass is 451 g/mol. The number of carbonyl (C=O) groups excluding carboxylic acids is 2. The number of rotatable bonds is 4. The summed E-state index contributed by atoms with van der Waals surface area (Å²) in [5.74, 6) is 0.466. The minimum atomic E-state index is -2.97. The predicted octanol–water partition coefficient (Wildman–Crippen LogP) is 4.96. The van der Waals surface area contributed by atoms with Crippen molar-refractivity contribution in [2.24, 2.45) is 5.41 Å². The van der Waals surface area contributed by atoms with Crippen LogP contribution in [0.2, 0.25) is 0 Å². The van der Waals surface area contributed by atoms with Gasteiger partial charge >= 0.3 is 0 Å². The average Bonchev–Trinajstić information content (AvgIpc) is 3.36. The summed E-state index contributed by atoms with van der Waals surface area (Å²) >= 11 is 0. The maximum absolute atomic E-state index is 13.7. The van der Waals surface area contributed by atoms with E-state index in [1.165, 1.54) is 0 Å². The molecule has 168 valence electrons. The molecular weight excluding hydrogens is 422 g/mol. The van der Waals surface area contributed by atoms with Gasteiger partial charge in [-0.1, -0.05) is 38.0 Å². The highest BCUT2D eigenvalue weighted by Crippen LogP contribution is 2.53. The van der Waals surface area contributed by atoms with E-state index in [4.69, 9.17) is 0 Å². The van der Waals surface area contributed by atoms with Crippen molar-refractivity contribution in [1.82, 2.24) is 0 Å². The molecule has 0 atom stereocenters. The Bertz CT molecular complexity index is 1170. The summed E-state index contributed by atoms with van der Waals surface area (Å²) in [7, 11) is -2.97. The van der Waals surface area contributed by atoms with Crippen molar-refractivity contribution in [3.05, 3.63) is 59.7 Å². The molecule has 1 spiro atoms. The summed E-state index contributed by atoms with van der Waals surface area (Å²) in [6.45, 7) is 2.02. The second-order valence-electron chi connectivity index (χ2n) is 10.1. The highest BCUT2D eigenvalue weighted by atomic mass is 32.2. The number of fused-ring (bicyclic) bond motifs is 2. The summed E-state index contributed by atoms with van der Waals surface area (Å²) in [6, 6.07) is 15.4. The first kappa shape index (κ1) is 21.4. The molecule has 1 aliphatic carbocycles. The quantitative estimate of drug-likeness (QED) is 0.616. The first-order valence-corrected chi connectivity index (χ1v) is 13.3. The topological polar surface area (TPSA) is 71.5 Å². The van der Waals surface area contributed by atoms with Crippen LogP contribution >= 0.6 is 0 Å². The van der Waals surface area contributed by atoms with Crippen molar-refractivity contribution < 1.29 is 18.0 Å². The minimum Gasteiger partial charge on any atom is -0.294 e. The minimum absolute atomic E-state index is 0.0355. The molecule has 5 rings (SSSR count). The van der Waals surface area contributed by atoms with Gasteiger partial charge in [0, 0.05) is 17.7 Å². The van der Waals surface area contributed by atoms with Crippen molar-refractivity contribution in [3.63, 3.8) is 0 Å². The van der Waals surface area contributed by atoms with Crippen LogP contribution in [0.5, 0.6) is 0 Å². The van der Waals surface area contributed by atoms with Crippen LogP contribution in [0.1, 0.15) is 67.8 Å². The van der Waals surface area contributed by atoms with Gasteiger partial charge in [0.2, 0.25) is 5.91 Å². The highest BCUT2D eigenvalue weighted by molar-refractivity contribution is 7.91. The van der Waals surface area contributed by atoms with Gasteiger partial charge in [-0.05, 0) is 67.0 Å². The molecule has 1 amide bonds. The molecule has 2 heterocycles. The summed E-state index contributed by atoms with van der Waals surface area (Å²) in [5, 5.41) is 0. The van der Waals surface area contributed by atoms with Crippen molar-refractivity contribution in [2.45, 2.75) is 57.3 Å². The number of hydrogen-bond acceptors (Lipinski definition) is 4. The summed E-state index contributed by atoms with van der Waals surface area (Å²) in [6.07, 6.45) is 5.04. The van der Waals surface area contributed by atoms with Crippen LogP contribution in [-0.2, 0) is 20.0 Å². The number of sulfone groups is 1. The Kier molecular flexibility index (Phi) is 5.04. The van der Waals surface area contributed by atoms with Gasteiger partial charge in [-0.3, -0.25) is 14.5 Å². The molecule has 5 nitrogen and oxygen atoms in total. The van der Waals surface area contributed by atoms with Crippen molar-refractivity contribution in [1.29, 1.82) is 0 Å². The van der Waals surface area contributed by atoms with Gasteiger partial charge in [-0.2, -0.15) is 0 Å². The molecule has 32 heavy (non-hydrogen) atoms. The van der Waals surface area contributed by atoms with Crippen LogP contribution in [0.4, 0.5) is 11.4 Å². The Morgan fingerprint density at radius 1 is 0.969 bits per heavy atom. The fraction of sp³-hybridized carbons (Fsp3) is 0.462. The van der Waals surface area contributed by atoms with E-state index in [2.05, 4.69) is 0 Å². The molecule has 0 aromatic heterocycles. The number of hydrogen-bond donors (Lipinski definition) is 0. The molecule has 6 heteroatoms. The van der Waals surface area contributed by atoms with Crippen LogP contribution in [0.15, 0.2) is 48.5 Å². The van der Waals surface area contributed by atoms with Crippen molar-refractivity contribution in [2.75, 3.05) is 16.4 Å². The van der Waals surface area contributed by atoms with Crippen molar-refractivity contribution >= 4 is 32.9 Å². The number of amides is 1. The maximum atomic E-state index is 13.7. The number of anilines is 2. The molecule has 0 bridgehead atoms. The molecule has 2 aromatic carbocycles. The SMILES string of the molecule is CC1(CC(=O)c2ccc3c(c2)C2(CCCC2)C(=O)N3c2ccccc2)CCS(=O)(=O)CC1. The fourth-order valence-electron chi connectivity index (χ4n) is 5.72. The van der Waals surface area contributed by atoms with Crippen LogP contribution in [0.25, 0.3) is 0 Å². The van der Waals surface area contributed by atoms with E-state index < -0.39 is 15.3 Å². The summed E-state index contributed by atoms with van der Waals surface area (Å²) < 4.78 is 23.6. The molecule has 2 aliphatic heterocycles. The zero-order valence-corrected chi connectivity index (χ0v) is 19.3.